The number of rotatable bonds is 11. The Bertz CT molecular complexity index is 982. The topological polar surface area (TPSA) is 130 Å². The molecule has 9 nitrogen and oxygen atoms in total. The predicted octanol–water partition coefficient (Wildman–Crippen LogP) is 3.57. The van der Waals surface area contributed by atoms with Gasteiger partial charge in [-0.05, 0) is 64.0 Å². The molecule has 2 amide bonds. The Kier molecular flexibility index (Phi) is 11.0. The molecule has 1 atom stereocenters. The lowest BCUT2D eigenvalue weighted by atomic mass is 10.1. The second-order valence-corrected chi connectivity index (χ2v) is 8.06. The minimum absolute atomic E-state index is 0.0595. The molecule has 0 fully saturated rings. The van der Waals surface area contributed by atoms with E-state index in [2.05, 4.69) is 22.3 Å². The first-order chi connectivity index (χ1) is 15.1. The molecule has 1 rings (SSSR count). The van der Waals surface area contributed by atoms with Crippen LogP contribution in [0.5, 0.6) is 0 Å². The summed E-state index contributed by atoms with van der Waals surface area (Å²) < 4.78 is 15.8. The van der Waals surface area contributed by atoms with Crippen LogP contribution >= 0.6 is 0 Å². The largest absolute Gasteiger partial charge is 0.346 e. The van der Waals surface area contributed by atoms with Crippen LogP contribution in [0.2, 0.25) is 0 Å². The number of nitrogens with zero attached hydrogens (tertiary/aromatic N) is 1. The smallest absolute Gasteiger partial charge is 0.329 e. The number of benzene rings is 1. The fraction of sp³-hybridized carbons (Fsp3) is 0.364. The zero-order chi connectivity index (χ0) is 24.3. The molecule has 0 saturated carbocycles. The molecule has 0 aliphatic rings. The summed E-state index contributed by atoms with van der Waals surface area (Å²) in [5.74, 6) is -1.24. The van der Waals surface area contributed by atoms with Crippen LogP contribution in [0.25, 0.3) is 0 Å². The summed E-state index contributed by atoms with van der Waals surface area (Å²) in [6, 6.07) is 6.62. The van der Waals surface area contributed by atoms with Crippen molar-refractivity contribution in [3.05, 3.63) is 69.1 Å². The van der Waals surface area contributed by atoms with E-state index < -0.39 is 33.4 Å². The average molecular weight is 463 g/mol. The van der Waals surface area contributed by atoms with Crippen LogP contribution in [0.15, 0.2) is 63.9 Å². The third kappa shape index (κ3) is 8.10. The van der Waals surface area contributed by atoms with Gasteiger partial charge < -0.3 is 15.4 Å². The maximum absolute atomic E-state index is 12.8. The van der Waals surface area contributed by atoms with Crippen molar-refractivity contribution in [3.8, 4) is 0 Å². The highest BCUT2D eigenvalue weighted by molar-refractivity contribution is 7.83. The lowest BCUT2D eigenvalue weighted by Gasteiger charge is -2.14. The van der Waals surface area contributed by atoms with Gasteiger partial charge in [-0.25, -0.2) is 4.21 Å². The number of nitro groups is 1. The minimum atomic E-state index is -1.53. The molecule has 0 aliphatic heterocycles. The summed E-state index contributed by atoms with van der Waals surface area (Å²) >= 11 is 0. The van der Waals surface area contributed by atoms with Crippen molar-refractivity contribution in [2.75, 3.05) is 11.9 Å². The van der Waals surface area contributed by atoms with Gasteiger partial charge >= 0.3 is 11.6 Å². The van der Waals surface area contributed by atoms with E-state index in [4.69, 9.17) is 0 Å². The number of nitrogens with one attached hydrogen (secondary N) is 3. The van der Waals surface area contributed by atoms with Gasteiger partial charge in [0.15, 0.2) is 0 Å². The SMILES string of the molecule is C/C=C(NS(=O)c1cccc(NC(=O)CCNC(=O)/C(=C\C)[N+](=O)[O-])c1)\C(C)=C(\C)CC. The van der Waals surface area contributed by atoms with E-state index >= 15 is 0 Å². The number of carbonyl (C=O) groups excluding carboxylic acids is 2. The Morgan fingerprint density at radius 1 is 1.19 bits per heavy atom. The third-order valence-electron chi connectivity index (χ3n) is 4.74. The maximum Gasteiger partial charge on any atom is 0.329 e. The van der Waals surface area contributed by atoms with Crippen LogP contribution in [0.4, 0.5) is 5.69 Å². The monoisotopic (exact) mass is 462 g/mol. The summed E-state index contributed by atoms with van der Waals surface area (Å²) in [7, 11) is -1.53. The van der Waals surface area contributed by atoms with Crippen LogP contribution in [-0.4, -0.2) is 27.5 Å². The van der Waals surface area contributed by atoms with Gasteiger partial charge in [-0.15, -0.1) is 0 Å². The van der Waals surface area contributed by atoms with E-state index in [-0.39, 0.29) is 13.0 Å². The van der Waals surface area contributed by atoms with Gasteiger partial charge in [0, 0.05) is 24.4 Å². The molecule has 0 spiro atoms. The lowest BCUT2D eigenvalue weighted by Crippen LogP contribution is -2.31. The quantitative estimate of drug-likeness (QED) is 0.200. The van der Waals surface area contributed by atoms with Crippen molar-refractivity contribution in [3.63, 3.8) is 0 Å². The van der Waals surface area contributed by atoms with Crippen LogP contribution in [0, 0.1) is 10.1 Å². The summed E-state index contributed by atoms with van der Waals surface area (Å²) in [6.45, 7) is 9.25. The molecular weight excluding hydrogens is 432 g/mol. The Labute approximate surface area is 190 Å². The zero-order valence-corrected chi connectivity index (χ0v) is 19.8. The van der Waals surface area contributed by atoms with Crippen LogP contribution < -0.4 is 15.4 Å². The fourth-order valence-electron chi connectivity index (χ4n) is 2.62. The Morgan fingerprint density at radius 2 is 1.88 bits per heavy atom. The number of hydrogen-bond acceptors (Lipinski definition) is 5. The molecule has 1 aromatic carbocycles. The van der Waals surface area contributed by atoms with Crippen molar-refractivity contribution >= 4 is 28.5 Å². The number of amides is 2. The summed E-state index contributed by atoms with van der Waals surface area (Å²) in [5, 5.41) is 15.7. The maximum atomic E-state index is 12.8. The molecule has 174 valence electrons. The lowest BCUT2D eigenvalue weighted by molar-refractivity contribution is -0.419. The van der Waals surface area contributed by atoms with Gasteiger partial charge in [-0.3, -0.25) is 19.7 Å². The normalized spacial score (nSPS) is 13.7. The molecule has 10 heteroatoms. The molecule has 0 aliphatic carbocycles. The molecule has 0 aromatic heterocycles. The molecule has 0 saturated heterocycles. The number of allylic oxidation sites excluding steroid dienone is 4. The molecule has 0 heterocycles. The second kappa shape index (κ2) is 13.2. The summed E-state index contributed by atoms with van der Waals surface area (Å²) in [5.41, 5.74) is 2.88. The highest BCUT2D eigenvalue weighted by Gasteiger charge is 2.19. The highest BCUT2D eigenvalue weighted by Crippen LogP contribution is 2.18. The van der Waals surface area contributed by atoms with Crippen LogP contribution in [-0.2, 0) is 20.6 Å². The van der Waals surface area contributed by atoms with Crippen molar-refractivity contribution in [1.29, 1.82) is 0 Å². The number of anilines is 1. The third-order valence-corrected chi connectivity index (χ3v) is 5.83. The van der Waals surface area contributed by atoms with E-state index in [0.29, 0.717) is 10.6 Å². The first-order valence-electron chi connectivity index (χ1n) is 10.1. The van der Waals surface area contributed by atoms with Crippen molar-refractivity contribution < 1.29 is 18.7 Å². The molecule has 32 heavy (non-hydrogen) atoms. The van der Waals surface area contributed by atoms with Crippen molar-refractivity contribution in [2.45, 2.75) is 52.4 Å². The zero-order valence-electron chi connectivity index (χ0n) is 19.0. The van der Waals surface area contributed by atoms with Crippen LogP contribution in [0.3, 0.4) is 0 Å². The van der Waals surface area contributed by atoms with E-state index in [1.54, 1.807) is 24.3 Å². The molecule has 0 radical (unpaired) electrons. The Balaban J connectivity index is 2.73. The minimum Gasteiger partial charge on any atom is -0.346 e. The average Bonchev–Trinajstić information content (AvgIpc) is 2.76. The van der Waals surface area contributed by atoms with Gasteiger partial charge in [0.25, 0.3) is 0 Å². The van der Waals surface area contributed by atoms with Gasteiger partial charge in [0.05, 0.1) is 9.82 Å². The first kappa shape index (κ1) is 26.8. The summed E-state index contributed by atoms with van der Waals surface area (Å²) in [6.07, 6.45) is 3.77. The van der Waals surface area contributed by atoms with E-state index in [9.17, 15) is 23.9 Å². The predicted molar refractivity (Wildman–Crippen MR) is 125 cm³/mol. The van der Waals surface area contributed by atoms with Crippen molar-refractivity contribution in [1.82, 2.24) is 10.0 Å². The van der Waals surface area contributed by atoms with E-state index in [1.165, 1.54) is 12.5 Å². The van der Waals surface area contributed by atoms with Gasteiger partial charge in [0.1, 0.15) is 11.0 Å². The standard InChI is InChI=1S/C22H30N4O5S/c1-6-15(4)16(5)19(7-2)25-32(31)18-11-9-10-17(14-18)24-21(27)12-13-23-22(28)20(8-3)26(29)30/h7-11,14,25H,6,12-13H2,1-5H3,(H,23,28)(H,24,27)/b16-15-,19-7+,20-8+. The Hall–Kier alpha value is -3.27. The van der Waals surface area contributed by atoms with E-state index in [1.807, 2.05) is 26.8 Å². The molecule has 1 unspecified atom stereocenters. The molecular formula is C22H30N4O5S. The number of hydrogen-bond donors (Lipinski definition) is 3. The first-order valence-corrected chi connectivity index (χ1v) is 11.3. The molecule has 1 aromatic rings. The second-order valence-electron chi connectivity index (χ2n) is 6.84. The van der Waals surface area contributed by atoms with Crippen molar-refractivity contribution in [2.24, 2.45) is 0 Å². The summed E-state index contributed by atoms with van der Waals surface area (Å²) in [4.78, 5) is 34.3. The Morgan fingerprint density at radius 3 is 2.44 bits per heavy atom. The molecule has 3 N–H and O–H groups in total. The van der Waals surface area contributed by atoms with Crippen LogP contribution in [0.1, 0.15) is 47.5 Å². The number of carbonyl (C=O) groups is 2. The fourth-order valence-corrected chi connectivity index (χ4v) is 3.64. The van der Waals surface area contributed by atoms with E-state index in [0.717, 1.165) is 23.8 Å². The molecule has 0 bridgehead atoms. The van der Waals surface area contributed by atoms with Gasteiger partial charge in [-0.1, -0.05) is 24.6 Å². The highest BCUT2D eigenvalue weighted by atomic mass is 32.2. The van der Waals surface area contributed by atoms with Gasteiger partial charge in [-0.2, -0.15) is 0 Å². The van der Waals surface area contributed by atoms with Gasteiger partial charge in [0.2, 0.25) is 5.91 Å².